The Morgan fingerprint density at radius 1 is 1.56 bits per heavy atom. The molecular formula is C11H18N2O3. The lowest BCUT2D eigenvalue weighted by Crippen LogP contribution is -2.06. The summed E-state index contributed by atoms with van der Waals surface area (Å²) in [5.41, 5.74) is 0. The van der Waals surface area contributed by atoms with Crippen molar-refractivity contribution in [1.29, 1.82) is 0 Å². The second-order valence-electron chi connectivity index (χ2n) is 4.14. The maximum absolute atomic E-state index is 5.53. The van der Waals surface area contributed by atoms with Crippen molar-refractivity contribution in [3.05, 3.63) is 11.7 Å². The van der Waals surface area contributed by atoms with E-state index in [1.165, 1.54) is 0 Å². The van der Waals surface area contributed by atoms with Crippen molar-refractivity contribution >= 4 is 0 Å². The molecule has 2 atom stereocenters. The molecule has 0 aliphatic carbocycles. The summed E-state index contributed by atoms with van der Waals surface area (Å²) in [6.07, 6.45) is 2.19. The lowest BCUT2D eigenvalue weighted by molar-refractivity contribution is 0.0352. The fraction of sp³-hybridized carbons (Fsp3) is 0.818. The van der Waals surface area contributed by atoms with Crippen molar-refractivity contribution in [2.24, 2.45) is 0 Å². The van der Waals surface area contributed by atoms with Gasteiger partial charge in [-0.05, 0) is 19.8 Å². The van der Waals surface area contributed by atoms with E-state index in [0.717, 1.165) is 25.3 Å². The maximum Gasteiger partial charge on any atom is 0.252 e. The highest BCUT2D eigenvalue weighted by Crippen LogP contribution is 2.22. The highest BCUT2D eigenvalue weighted by Gasteiger charge is 2.23. The molecular weight excluding hydrogens is 208 g/mol. The van der Waals surface area contributed by atoms with E-state index >= 15 is 0 Å². The summed E-state index contributed by atoms with van der Waals surface area (Å²) in [7, 11) is 0. The molecule has 16 heavy (non-hydrogen) atoms. The number of ether oxygens (including phenoxy) is 2. The maximum atomic E-state index is 5.53. The predicted octanol–water partition coefficient (Wildman–Crippen LogP) is 1.89. The topological polar surface area (TPSA) is 57.4 Å². The molecule has 0 bridgehead atoms. The number of aromatic nitrogens is 2. The Balaban J connectivity index is 1.86. The molecule has 1 aliphatic heterocycles. The summed E-state index contributed by atoms with van der Waals surface area (Å²) in [6, 6.07) is 0. The van der Waals surface area contributed by atoms with Crippen molar-refractivity contribution < 1.29 is 14.0 Å². The fourth-order valence-corrected chi connectivity index (χ4v) is 1.56. The summed E-state index contributed by atoms with van der Waals surface area (Å²) in [6.45, 7) is 6.00. The van der Waals surface area contributed by atoms with E-state index < -0.39 is 0 Å². The number of hydrogen-bond donors (Lipinski definition) is 0. The molecule has 2 rings (SSSR count). The van der Waals surface area contributed by atoms with Crippen LogP contribution in [0.4, 0.5) is 0 Å². The van der Waals surface area contributed by atoms with Crippen LogP contribution in [0, 0.1) is 0 Å². The van der Waals surface area contributed by atoms with Gasteiger partial charge < -0.3 is 14.0 Å². The monoisotopic (exact) mass is 226 g/mol. The molecule has 0 saturated carbocycles. The predicted molar refractivity (Wildman–Crippen MR) is 57.0 cm³/mol. The van der Waals surface area contributed by atoms with Gasteiger partial charge in [0.2, 0.25) is 0 Å². The van der Waals surface area contributed by atoms with Gasteiger partial charge in [0.05, 0.1) is 12.7 Å². The van der Waals surface area contributed by atoms with Crippen LogP contribution >= 0.6 is 0 Å². The van der Waals surface area contributed by atoms with E-state index in [9.17, 15) is 0 Å². The molecule has 90 valence electrons. The minimum Gasteiger partial charge on any atom is -0.381 e. The van der Waals surface area contributed by atoms with Crippen LogP contribution in [0.3, 0.4) is 0 Å². The van der Waals surface area contributed by atoms with E-state index in [0.29, 0.717) is 25.0 Å². The van der Waals surface area contributed by atoms with Gasteiger partial charge in [-0.1, -0.05) is 12.1 Å². The van der Waals surface area contributed by atoms with Crippen LogP contribution in [0.2, 0.25) is 0 Å². The minimum absolute atomic E-state index is 0.227. The van der Waals surface area contributed by atoms with E-state index in [4.69, 9.17) is 14.0 Å². The largest absolute Gasteiger partial charge is 0.381 e. The first-order valence-corrected chi connectivity index (χ1v) is 5.81. The van der Waals surface area contributed by atoms with Gasteiger partial charge in [0, 0.05) is 12.5 Å². The SMILES string of the molecule is CC[C@H](C)OCc1nc([C@@H]2CCOC2)no1. The highest BCUT2D eigenvalue weighted by molar-refractivity contribution is 4.96. The molecule has 1 aromatic heterocycles. The second-order valence-corrected chi connectivity index (χ2v) is 4.14. The van der Waals surface area contributed by atoms with Gasteiger partial charge in [0.15, 0.2) is 5.82 Å². The number of hydrogen-bond acceptors (Lipinski definition) is 5. The van der Waals surface area contributed by atoms with Gasteiger partial charge >= 0.3 is 0 Å². The van der Waals surface area contributed by atoms with Crippen molar-refractivity contribution in [1.82, 2.24) is 10.1 Å². The van der Waals surface area contributed by atoms with E-state index in [1.54, 1.807) is 0 Å². The fourth-order valence-electron chi connectivity index (χ4n) is 1.56. The van der Waals surface area contributed by atoms with Crippen LogP contribution < -0.4 is 0 Å². The zero-order valence-corrected chi connectivity index (χ0v) is 9.81. The summed E-state index contributed by atoms with van der Waals surface area (Å²) < 4.78 is 15.9. The average molecular weight is 226 g/mol. The zero-order valence-electron chi connectivity index (χ0n) is 9.81. The van der Waals surface area contributed by atoms with Crippen LogP contribution in [0.15, 0.2) is 4.52 Å². The van der Waals surface area contributed by atoms with Crippen LogP contribution in [-0.4, -0.2) is 29.5 Å². The van der Waals surface area contributed by atoms with Gasteiger partial charge in [-0.2, -0.15) is 4.98 Å². The summed E-state index contributed by atoms with van der Waals surface area (Å²) in [5, 5.41) is 3.96. The normalized spacial score (nSPS) is 22.5. The molecule has 1 aromatic rings. The molecule has 0 N–H and O–H groups in total. The Bertz CT molecular complexity index is 321. The van der Waals surface area contributed by atoms with Crippen molar-refractivity contribution in [2.75, 3.05) is 13.2 Å². The first-order valence-electron chi connectivity index (χ1n) is 5.81. The van der Waals surface area contributed by atoms with Gasteiger partial charge in [0.25, 0.3) is 5.89 Å². The molecule has 5 nitrogen and oxygen atoms in total. The Kier molecular flexibility index (Phi) is 3.90. The molecule has 2 heterocycles. The summed E-state index contributed by atoms with van der Waals surface area (Å²) >= 11 is 0. The Morgan fingerprint density at radius 2 is 2.44 bits per heavy atom. The van der Waals surface area contributed by atoms with Gasteiger partial charge in [-0.25, -0.2) is 0 Å². The number of rotatable bonds is 5. The second kappa shape index (κ2) is 5.41. The molecule has 0 radical (unpaired) electrons. The molecule has 0 spiro atoms. The quantitative estimate of drug-likeness (QED) is 0.767. The first kappa shape index (κ1) is 11.5. The van der Waals surface area contributed by atoms with Crippen LogP contribution in [0.5, 0.6) is 0 Å². The third kappa shape index (κ3) is 2.80. The van der Waals surface area contributed by atoms with Gasteiger partial charge in [-0.3, -0.25) is 0 Å². The molecule has 1 fully saturated rings. The molecule has 0 amide bonds. The third-order valence-electron chi connectivity index (χ3n) is 2.84. The van der Waals surface area contributed by atoms with Gasteiger partial charge in [0.1, 0.15) is 6.61 Å². The van der Waals surface area contributed by atoms with E-state index in [-0.39, 0.29) is 6.10 Å². The molecule has 1 aliphatic rings. The zero-order chi connectivity index (χ0) is 11.4. The Hall–Kier alpha value is -0.940. The average Bonchev–Trinajstić information content (AvgIpc) is 2.95. The molecule has 5 heteroatoms. The van der Waals surface area contributed by atoms with Crippen molar-refractivity contribution in [3.63, 3.8) is 0 Å². The lowest BCUT2D eigenvalue weighted by atomic mass is 10.1. The smallest absolute Gasteiger partial charge is 0.252 e. The first-order chi connectivity index (χ1) is 7.79. The van der Waals surface area contributed by atoms with Crippen LogP contribution in [0.1, 0.15) is 44.3 Å². The van der Waals surface area contributed by atoms with E-state index in [1.807, 2.05) is 6.92 Å². The summed E-state index contributed by atoms with van der Waals surface area (Å²) in [4.78, 5) is 4.32. The van der Waals surface area contributed by atoms with Crippen LogP contribution in [0.25, 0.3) is 0 Å². The standard InChI is InChI=1S/C11H18N2O3/c1-3-8(2)15-7-10-12-11(13-16-10)9-4-5-14-6-9/h8-9H,3-7H2,1-2H3/t8-,9+/m0/s1. The van der Waals surface area contributed by atoms with Crippen molar-refractivity contribution in [2.45, 2.75) is 45.3 Å². The number of nitrogens with zero attached hydrogens (tertiary/aromatic N) is 2. The third-order valence-corrected chi connectivity index (χ3v) is 2.84. The van der Waals surface area contributed by atoms with Crippen molar-refractivity contribution in [3.8, 4) is 0 Å². The molecule has 0 unspecified atom stereocenters. The Labute approximate surface area is 95.1 Å². The lowest BCUT2D eigenvalue weighted by Gasteiger charge is -2.06. The summed E-state index contributed by atoms with van der Waals surface area (Å²) in [5.74, 6) is 1.60. The van der Waals surface area contributed by atoms with Crippen LogP contribution in [-0.2, 0) is 16.1 Å². The molecule has 1 saturated heterocycles. The minimum atomic E-state index is 0.227. The van der Waals surface area contributed by atoms with E-state index in [2.05, 4.69) is 17.1 Å². The Morgan fingerprint density at radius 3 is 3.12 bits per heavy atom. The highest BCUT2D eigenvalue weighted by atomic mass is 16.5. The van der Waals surface area contributed by atoms with Gasteiger partial charge in [-0.15, -0.1) is 0 Å². The molecule has 0 aromatic carbocycles.